The van der Waals surface area contributed by atoms with Crippen molar-refractivity contribution in [3.8, 4) is 0 Å². The van der Waals surface area contributed by atoms with Crippen LogP contribution in [0.15, 0.2) is 12.2 Å². The summed E-state index contributed by atoms with van der Waals surface area (Å²) in [4.78, 5) is 14.1. The Morgan fingerprint density at radius 2 is 2.43 bits per heavy atom. The van der Waals surface area contributed by atoms with Gasteiger partial charge in [-0.05, 0) is 25.0 Å². The molecule has 3 saturated heterocycles. The summed E-state index contributed by atoms with van der Waals surface area (Å²) in [5.41, 5.74) is 0.794. The van der Waals surface area contributed by atoms with Crippen molar-refractivity contribution in [1.29, 1.82) is 0 Å². The van der Waals surface area contributed by atoms with Gasteiger partial charge < -0.3 is 4.74 Å². The third-order valence-electron chi connectivity index (χ3n) is 4.01. The summed E-state index contributed by atoms with van der Waals surface area (Å²) < 4.78 is 5.10. The molecule has 3 heteroatoms. The lowest BCUT2D eigenvalue weighted by molar-refractivity contribution is -0.144. The zero-order valence-corrected chi connectivity index (χ0v) is 8.29. The number of fused-ring (bicyclic) bond motifs is 1. The number of hydrogen-bond acceptors (Lipinski definition) is 3. The monoisotopic (exact) mass is 193 g/mol. The molecule has 0 unspecified atom stereocenters. The highest BCUT2D eigenvalue weighted by Gasteiger charge is 2.56. The van der Waals surface area contributed by atoms with Crippen LogP contribution in [0.3, 0.4) is 0 Å². The second kappa shape index (κ2) is 2.60. The van der Waals surface area contributed by atoms with Crippen molar-refractivity contribution in [1.82, 2.24) is 4.90 Å². The number of carbonyl (C=O) groups excluding carboxylic acids is 1. The van der Waals surface area contributed by atoms with Crippen LogP contribution >= 0.6 is 0 Å². The smallest absolute Gasteiger partial charge is 0.317 e. The molecule has 0 saturated carbocycles. The molecule has 14 heavy (non-hydrogen) atoms. The van der Waals surface area contributed by atoms with E-state index in [9.17, 15) is 4.79 Å². The van der Waals surface area contributed by atoms with Gasteiger partial charge in [-0.1, -0.05) is 6.58 Å². The normalized spacial score (nSPS) is 42.1. The largest absolute Gasteiger partial charge is 0.465 e. The first-order chi connectivity index (χ1) is 6.74. The van der Waals surface area contributed by atoms with Crippen LogP contribution in [0, 0.1) is 5.41 Å². The summed E-state index contributed by atoms with van der Waals surface area (Å²) >= 11 is 0. The van der Waals surface area contributed by atoms with Crippen molar-refractivity contribution in [2.24, 2.45) is 5.41 Å². The van der Waals surface area contributed by atoms with Crippen molar-refractivity contribution >= 4 is 5.97 Å². The van der Waals surface area contributed by atoms with Crippen molar-refractivity contribution in [3.63, 3.8) is 0 Å². The molecule has 0 aliphatic carbocycles. The molecule has 0 radical (unpaired) electrons. The van der Waals surface area contributed by atoms with Crippen LogP contribution in [0.5, 0.6) is 0 Å². The summed E-state index contributed by atoms with van der Waals surface area (Å²) in [7, 11) is 0. The fourth-order valence-corrected chi connectivity index (χ4v) is 3.17. The SMILES string of the molecule is C=C1[C@H]2CCCN2C[C@@]12CCOC2=O. The maximum absolute atomic E-state index is 11.7. The maximum atomic E-state index is 11.7. The number of rotatable bonds is 0. The predicted octanol–water partition coefficient (Wildman–Crippen LogP) is 0.954. The summed E-state index contributed by atoms with van der Waals surface area (Å²) in [6, 6.07) is 0.459. The van der Waals surface area contributed by atoms with Gasteiger partial charge in [-0.3, -0.25) is 9.69 Å². The number of esters is 1. The molecule has 3 rings (SSSR count). The zero-order chi connectivity index (χ0) is 9.76. The van der Waals surface area contributed by atoms with Crippen LogP contribution in [-0.2, 0) is 9.53 Å². The minimum absolute atomic E-state index is 0.0306. The van der Waals surface area contributed by atoms with Gasteiger partial charge in [0.05, 0.1) is 6.61 Å². The van der Waals surface area contributed by atoms with Crippen LogP contribution in [0.2, 0.25) is 0 Å². The molecule has 0 aromatic heterocycles. The Hall–Kier alpha value is -0.830. The Kier molecular flexibility index (Phi) is 1.57. The molecular formula is C11H15NO2. The molecule has 3 aliphatic heterocycles. The Morgan fingerprint density at radius 1 is 1.57 bits per heavy atom. The van der Waals surface area contributed by atoms with Crippen molar-refractivity contribution in [2.45, 2.75) is 25.3 Å². The lowest BCUT2D eigenvalue weighted by atomic mass is 9.79. The van der Waals surface area contributed by atoms with Gasteiger partial charge in [0.2, 0.25) is 0 Å². The van der Waals surface area contributed by atoms with E-state index >= 15 is 0 Å². The minimum Gasteiger partial charge on any atom is -0.465 e. The van der Waals surface area contributed by atoms with E-state index in [2.05, 4.69) is 11.5 Å². The Bertz CT molecular complexity index is 312. The molecule has 0 bridgehead atoms. The highest BCUT2D eigenvalue weighted by molar-refractivity contribution is 5.83. The van der Waals surface area contributed by atoms with Gasteiger partial charge in [-0.15, -0.1) is 0 Å². The van der Waals surface area contributed by atoms with E-state index in [4.69, 9.17) is 4.74 Å². The fraction of sp³-hybridized carbons (Fsp3) is 0.727. The number of cyclic esters (lactones) is 1. The number of ether oxygens (including phenoxy) is 1. The van der Waals surface area contributed by atoms with Gasteiger partial charge in [-0.2, -0.15) is 0 Å². The highest BCUT2D eigenvalue weighted by Crippen LogP contribution is 2.48. The van der Waals surface area contributed by atoms with Gasteiger partial charge in [0.25, 0.3) is 0 Å². The Balaban J connectivity index is 1.96. The molecule has 0 aromatic carbocycles. The van der Waals surface area contributed by atoms with Gasteiger partial charge >= 0.3 is 5.97 Å². The lowest BCUT2D eigenvalue weighted by Gasteiger charge is -2.19. The summed E-state index contributed by atoms with van der Waals surface area (Å²) in [6.45, 7) is 6.70. The van der Waals surface area contributed by atoms with E-state index in [0.717, 1.165) is 25.1 Å². The van der Waals surface area contributed by atoms with E-state index in [1.165, 1.54) is 12.8 Å². The average Bonchev–Trinajstić information content (AvgIpc) is 2.79. The van der Waals surface area contributed by atoms with Crippen LogP contribution < -0.4 is 0 Å². The third-order valence-corrected chi connectivity index (χ3v) is 4.01. The number of carbonyl (C=O) groups is 1. The van der Waals surface area contributed by atoms with E-state index in [-0.39, 0.29) is 11.4 Å². The van der Waals surface area contributed by atoms with Crippen molar-refractivity contribution in [3.05, 3.63) is 12.2 Å². The van der Waals surface area contributed by atoms with E-state index in [1.807, 2.05) is 0 Å². The Labute approximate surface area is 83.7 Å². The standard InChI is InChI=1S/C11H15NO2/c1-8-9-3-2-5-12(9)7-11(8)4-6-14-10(11)13/h9H,1-7H2/t9-,11+/m1/s1. The quantitative estimate of drug-likeness (QED) is 0.424. The first-order valence-electron chi connectivity index (χ1n) is 5.35. The molecule has 2 atom stereocenters. The molecule has 0 N–H and O–H groups in total. The zero-order valence-electron chi connectivity index (χ0n) is 8.29. The van der Waals surface area contributed by atoms with Crippen LogP contribution in [0.4, 0.5) is 0 Å². The second-order valence-corrected chi connectivity index (χ2v) is 4.62. The minimum atomic E-state index is -0.328. The maximum Gasteiger partial charge on any atom is 0.317 e. The molecule has 3 fully saturated rings. The van der Waals surface area contributed by atoms with Crippen molar-refractivity contribution < 1.29 is 9.53 Å². The molecular weight excluding hydrogens is 178 g/mol. The third kappa shape index (κ3) is 0.836. The van der Waals surface area contributed by atoms with E-state index in [0.29, 0.717) is 12.6 Å². The van der Waals surface area contributed by atoms with Crippen LogP contribution in [0.25, 0.3) is 0 Å². The Morgan fingerprint density at radius 3 is 3.07 bits per heavy atom. The molecule has 3 nitrogen and oxygen atoms in total. The van der Waals surface area contributed by atoms with Gasteiger partial charge in [0.15, 0.2) is 0 Å². The number of hydrogen-bond donors (Lipinski definition) is 0. The molecule has 0 aromatic rings. The average molecular weight is 193 g/mol. The first kappa shape index (κ1) is 8.48. The second-order valence-electron chi connectivity index (χ2n) is 4.62. The van der Waals surface area contributed by atoms with Gasteiger partial charge in [-0.25, -0.2) is 0 Å². The predicted molar refractivity (Wildman–Crippen MR) is 51.7 cm³/mol. The highest BCUT2D eigenvalue weighted by atomic mass is 16.5. The van der Waals surface area contributed by atoms with Gasteiger partial charge in [0.1, 0.15) is 5.41 Å². The van der Waals surface area contributed by atoms with E-state index < -0.39 is 0 Å². The summed E-state index contributed by atoms with van der Waals surface area (Å²) in [5.74, 6) is -0.0306. The molecule has 1 spiro atoms. The van der Waals surface area contributed by atoms with Gasteiger partial charge in [0, 0.05) is 19.0 Å². The van der Waals surface area contributed by atoms with Crippen LogP contribution in [-0.4, -0.2) is 36.6 Å². The fourth-order valence-electron chi connectivity index (χ4n) is 3.17. The lowest BCUT2D eigenvalue weighted by Crippen LogP contribution is -2.31. The molecule has 3 aliphatic rings. The first-order valence-corrected chi connectivity index (χ1v) is 5.35. The molecule has 76 valence electrons. The molecule has 3 heterocycles. The van der Waals surface area contributed by atoms with Crippen molar-refractivity contribution in [2.75, 3.05) is 19.7 Å². The van der Waals surface area contributed by atoms with E-state index in [1.54, 1.807) is 0 Å². The summed E-state index contributed by atoms with van der Waals surface area (Å²) in [5, 5.41) is 0. The summed E-state index contributed by atoms with van der Waals surface area (Å²) in [6.07, 6.45) is 3.26. The number of nitrogens with zero attached hydrogens (tertiary/aromatic N) is 1. The topological polar surface area (TPSA) is 29.5 Å². The van der Waals surface area contributed by atoms with Crippen LogP contribution in [0.1, 0.15) is 19.3 Å². The molecule has 0 amide bonds.